The molecule has 0 saturated heterocycles. The summed E-state index contributed by atoms with van der Waals surface area (Å²) >= 11 is 0. The molecule has 3 heteroatoms. The quantitative estimate of drug-likeness (QED) is 0.453. The fourth-order valence-corrected chi connectivity index (χ4v) is 1.10. The van der Waals surface area contributed by atoms with Gasteiger partial charge in [-0.3, -0.25) is 0 Å². The lowest BCUT2D eigenvalue weighted by atomic mass is 10.5. The van der Waals surface area contributed by atoms with E-state index in [2.05, 4.69) is 23.3 Å². The standard InChI is InChI=1S/C8H15N3/c1-11(8-2-3-8)7-6-10-5-4-9/h8,10H,2-3,5-7H2,1H3. The van der Waals surface area contributed by atoms with Crippen molar-refractivity contribution < 1.29 is 0 Å². The smallest absolute Gasteiger partial charge is 0.0841 e. The molecule has 62 valence electrons. The van der Waals surface area contributed by atoms with E-state index >= 15 is 0 Å². The Morgan fingerprint density at radius 2 is 2.36 bits per heavy atom. The second-order valence-electron chi connectivity index (χ2n) is 3.05. The second-order valence-corrected chi connectivity index (χ2v) is 3.05. The van der Waals surface area contributed by atoms with Crippen molar-refractivity contribution in [2.24, 2.45) is 0 Å². The largest absolute Gasteiger partial charge is 0.303 e. The Hall–Kier alpha value is -0.590. The van der Waals surface area contributed by atoms with Gasteiger partial charge in [-0.05, 0) is 19.9 Å². The number of nitrogens with zero attached hydrogens (tertiary/aromatic N) is 2. The number of nitrogens with one attached hydrogen (secondary N) is 1. The van der Waals surface area contributed by atoms with Gasteiger partial charge in [0.05, 0.1) is 12.6 Å². The van der Waals surface area contributed by atoms with Crippen LogP contribution in [0.4, 0.5) is 0 Å². The van der Waals surface area contributed by atoms with Gasteiger partial charge < -0.3 is 10.2 Å². The number of nitriles is 1. The Balaban J connectivity index is 1.90. The summed E-state index contributed by atoms with van der Waals surface area (Å²) in [6.45, 7) is 2.46. The maximum atomic E-state index is 8.23. The van der Waals surface area contributed by atoms with Crippen LogP contribution in [0.2, 0.25) is 0 Å². The van der Waals surface area contributed by atoms with Crippen molar-refractivity contribution >= 4 is 0 Å². The molecule has 1 aliphatic rings. The third-order valence-corrected chi connectivity index (χ3v) is 2.02. The van der Waals surface area contributed by atoms with E-state index in [-0.39, 0.29) is 0 Å². The van der Waals surface area contributed by atoms with Crippen molar-refractivity contribution in [1.29, 1.82) is 5.26 Å². The molecule has 1 fully saturated rings. The van der Waals surface area contributed by atoms with Crippen LogP contribution < -0.4 is 5.32 Å². The average molecular weight is 153 g/mol. The summed E-state index contributed by atoms with van der Waals surface area (Å²) in [5.74, 6) is 0. The van der Waals surface area contributed by atoms with Crippen LogP contribution in [0, 0.1) is 11.3 Å². The molecule has 0 aromatic rings. The second kappa shape index (κ2) is 4.32. The molecule has 0 amide bonds. The molecule has 0 unspecified atom stereocenters. The summed E-state index contributed by atoms with van der Waals surface area (Å²) in [4.78, 5) is 2.35. The van der Waals surface area contributed by atoms with Gasteiger partial charge in [0.25, 0.3) is 0 Å². The lowest BCUT2D eigenvalue weighted by Gasteiger charge is -2.14. The fraction of sp³-hybridized carbons (Fsp3) is 0.875. The van der Waals surface area contributed by atoms with Gasteiger partial charge in [-0.1, -0.05) is 0 Å². The SMILES string of the molecule is CN(CCNCC#N)C1CC1. The molecular weight excluding hydrogens is 138 g/mol. The van der Waals surface area contributed by atoms with Gasteiger partial charge in [-0.2, -0.15) is 5.26 Å². The molecule has 0 spiro atoms. The lowest BCUT2D eigenvalue weighted by molar-refractivity contribution is 0.324. The Bertz CT molecular complexity index is 146. The molecule has 11 heavy (non-hydrogen) atoms. The Morgan fingerprint density at radius 3 is 2.91 bits per heavy atom. The van der Waals surface area contributed by atoms with Crippen LogP contribution in [-0.2, 0) is 0 Å². The molecule has 0 bridgehead atoms. The summed E-state index contributed by atoms with van der Waals surface area (Å²) < 4.78 is 0. The first-order chi connectivity index (χ1) is 5.34. The summed E-state index contributed by atoms with van der Waals surface area (Å²) in [5.41, 5.74) is 0. The normalized spacial score (nSPS) is 16.8. The molecule has 3 nitrogen and oxygen atoms in total. The maximum Gasteiger partial charge on any atom is 0.0841 e. The van der Waals surface area contributed by atoms with Crippen LogP contribution in [0.3, 0.4) is 0 Å². The van der Waals surface area contributed by atoms with Crippen molar-refractivity contribution in [1.82, 2.24) is 10.2 Å². The number of hydrogen-bond donors (Lipinski definition) is 1. The minimum Gasteiger partial charge on any atom is -0.303 e. The molecule has 0 heterocycles. The van der Waals surface area contributed by atoms with Gasteiger partial charge in [-0.25, -0.2) is 0 Å². The Labute approximate surface area is 68.0 Å². The van der Waals surface area contributed by atoms with Gasteiger partial charge in [0.15, 0.2) is 0 Å². The molecule has 1 N–H and O–H groups in total. The van der Waals surface area contributed by atoms with Gasteiger partial charge >= 0.3 is 0 Å². The molecule has 1 aliphatic carbocycles. The van der Waals surface area contributed by atoms with Gasteiger partial charge in [0.2, 0.25) is 0 Å². The van der Waals surface area contributed by atoms with Crippen LogP contribution >= 0.6 is 0 Å². The highest BCUT2D eigenvalue weighted by molar-refractivity contribution is 4.82. The van der Waals surface area contributed by atoms with E-state index in [1.165, 1.54) is 12.8 Å². The molecule has 0 radical (unpaired) electrons. The van der Waals surface area contributed by atoms with E-state index in [0.29, 0.717) is 6.54 Å². The minimum absolute atomic E-state index is 0.471. The molecule has 0 aromatic heterocycles. The highest BCUT2D eigenvalue weighted by atomic mass is 15.2. The van der Waals surface area contributed by atoms with Crippen molar-refractivity contribution in [2.45, 2.75) is 18.9 Å². The average Bonchev–Trinajstić information content (AvgIpc) is 2.79. The molecule has 1 saturated carbocycles. The third-order valence-electron chi connectivity index (χ3n) is 2.02. The van der Waals surface area contributed by atoms with E-state index in [1.54, 1.807) is 0 Å². The highest BCUT2D eigenvalue weighted by Gasteiger charge is 2.25. The minimum atomic E-state index is 0.471. The molecule has 1 rings (SSSR count). The first kappa shape index (κ1) is 8.51. The van der Waals surface area contributed by atoms with Crippen LogP contribution in [0.25, 0.3) is 0 Å². The summed E-state index contributed by atoms with van der Waals surface area (Å²) in [7, 11) is 2.14. The zero-order valence-electron chi connectivity index (χ0n) is 7.01. The number of hydrogen-bond acceptors (Lipinski definition) is 3. The highest BCUT2D eigenvalue weighted by Crippen LogP contribution is 2.24. The molecule has 0 aliphatic heterocycles. The van der Waals surface area contributed by atoms with Crippen LogP contribution in [0.1, 0.15) is 12.8 Å². The van der Waals surface area contributed by atoms with Gasteiger partial charge in [0, 0.05) is 19.1 Å². The number of rotatable bonds is 5. The maximum absolute atomic E-state index is 8.23. The van der Waals surface area contributed by atoms with Crippen LogP contribution in [0.15, 0.2) is 0 Å². The first-order valence-corrected chi connectivity index (χ1v) is 4.12. The first-order valence-electron chi connectivity index (χ1n) is 4.12. The van der Waals surface area contributed by atoms with E-state index in [1.807, 2.05) is 0 Å². The van der Waals surface area contributed by atoms with Crippen LogP contribution in [0.5, 0.6) is 0 Å². The van der Waals surface area contributed by atoms with Gasteiger partial charge in [0.1, 0.15) is 0 Å². The van der Waals surface area contributed by atoms with E-state index in [0.717, 1.165) is 19.1 Å². The van der Waals surface area contributed by atoms with Gasteiger partial charge in [-0.15, -0.1) is 0 Å². The number of likely N-dealkylation sites (N-methyl/N-ethyl adjacent to an activating group) is 1. The third kappa shape index (κ3) is 3.35. The van der Waals surface area contributed by atoms with Crippen molar-refractivity contribution in [3.05, 3.63) is 0 Å². The topological polar surface area (TPSA) is 39.1 Å². The van der Waals surface area contributed by atoms with Crippen LogP contribution in [-0.4, -0.2) is 37.6 Å². The molecule has 0 aromatic carbocycles. The van der Waals surface area contributed by atoms with E-state index in [9.17, 15) is 0 Å². The zero-order valence-corrected chi connectivity index (χ0v) is 7.01. The monoisotopic (exact) mass is 153 g/mol. The fourth-order valence-electron chi connectivity index (χ4n) is 1.10. The zero-order chi connectivity index (χ0) is 8.10. The Morgan fingerprint density at radius 1 is 1.64 bits per heavy atom. The van der Waals surface area contributed by atoms with E-state index < -0.39 is 0 Å². The lowest BCUT2D eigenvalue weighted by Crippen LogP contribution is -2.30. The predicted octanol–water partition coefficient (Wildman–Crippen LogP) is 0.194. The Kier molecular flexibility index (Phi) is 3.34. The molecule has 0 atom stereocenters. The molecular formula is C8H15N3. The van der Waals surface area contributed by atoms with E-state index in [4.69, 9.17) is 5.26 Å². The van der Waals surface area contributed by atoms with Crippen molar-refractivity contribution in [3.8, 4) is 6.07 Å². The summed E-state index contributed by atoms with van der Waals surface area (Å²) in [5, 5.41) is 11.3. The van der Waals surface area contributed by atoms with Crippen molar-refractivity contribution in [3.63, 3.8) is 0 Å². The summed E-state index contributed by atoms with van der Waals surface area (Å²) in [6.07, 6.45) is 2.71. The predicted molar refractivity (Wildman–Crippen MR) is 44.1 cm³/mol. The van der Waals surface area contributed by atoms with Crippen molar-refractivity contribution in [2.75, 3.05) is 26.7 Å². The summed E-state index contributed by atoms with van der Waals surface area (Å²) in [6, 6.07) is 2.89.